The van der Waals surface area contributed by atoms with Crippen molar-refractivity contribution >= 4 is 49.1 Å². The number of nitrogens with one attached hydrogen (secondary N) is 2. The summed E-state index contributed by atoms with van der Waals surface area (Å²) in [6.07, 6.45) is 0. The first-order chi connectivity index (χ1) is 12.2. The topological polar surface area (TPSA) is 84.5 Å². The van der Waals surface area contributed by atoms with E-state index < -0.39 is 22.0 Å². The van der Waals surface area contributed by atoms with Crippen molar-refractivity contribution in [2.24, 2.45) is 0 Å². The van der Waals surface area contributed by atoms with E-state index in [1.807, 2.05) is 0 Å². The first-order valence-corrected chi connectivity index (χ1v) is 10.4. The largest absolute Gasteiger partial charge is 0.492 e. The number of benzene rings is 2. The summed E-state index contributed by atoms with van der Waals surface area (Å²) >= 11 is 9.22. The maximum atomic E-state index is 12.7. The van der Waals surface area contributed by atoms with Crippen LogP contribution in [-0.4, -0.2) is 27.0 Å². The van der Waals surface area contributed by atoms with Crippen molar-refractivity contribution in [3.05, 3.63) is 52.0 Å². The minimum absolute atomic E-state index is 0.116. The molecule has 0 radical (unpaired) electrons. The van der Waals surface area contributed by atoms with Gasteiger partial charge in [-0.3, -0.25) is 4.79 Å². The Bertz CT molecular complexity index is 888. The molecule has 1 amide bonds. The maximum Gasteiger partial charge on any atom is 0.245 e. The molecule has 2 aromatic rings. The van der Waals surface area contributed by atoms with Crippen LogP contribution in [0.5, 0.6) is 5.75 Å². The first kappa shape index (κ1) is 20.7. The second-order valence-corrected chi connectivity index (χ2v) is 8.40. The summed E-state index contributed by atoms with van der Waals surface area (Å²) in [5.41, 5.74) is 0.557. The van der Waals surface area contributed by atoms with Gasteiger partial charge in [-0.05, 0) is 56.3 Å². The summed E-state index contributed by atoms with van der Waals surface area (Å²) in [6, 6.07) is 10.2. The third-order valence-electron chi connectivity index (χ3n) is 3.33. The van der Waals surface area contributed by atoms with E-state index in [0.29, 0.717) is 12.3 Å². The Morgan fingerprint density at radius 2 is 1.88 bits per heavy atom. The Labute approximate surface area is 166 Å². The summed E-state index contributed by atoms with van der Waals surface area (Å²) in [4.78, 5) is 12.2. The van der Waals surface area contributed by atoms with Crippen molar-refractivity contribution in [3.63, 3.8) is 0 Å². The van der Waals surface area contributed by atoms with Gasteiger partial charge in [-0.1, -0.05) is 27.5 Å². The normalized spacial score (nSPS) is 12.5. The molecule has 2 aromatic carbocycles. The van der Waals surface area contributed by atoms with E-state index in [1.54, 1.807) is 31.2 Å². The second kappa shape index (κ2) is 8.85. The number of carbonyl (C=O) groups is 1. The van der Waals surface area contributed by atoms with Gasteiger partial charge in [-0.15, -0.1) is 0 Å². The van der Waals surface area contributed by atoms with Crippen molar-refractivity contribution in [1.29, 1.82) is 0 Å². The highest BCUT2D eigenvalue weighted by Gasteiger charge is 2.25. The van der Waals surface area contributed by atoms with Crippen molar-refractivity contribution in [3.8, 4) is 5.75 Å². The van der Waals surface area contributed by atoms with Gasteiger partial charge in [0.25, 0.3) is 0 Å². The summed E-state index contributed by atoms with van der Waals surface area (Å²) in [5, 5.41) is 2.90. The molecule has 0 aliphatic carbocycles. The Hall–Kier alpha value is -1.61. The van der Waals surface area contributed by atoms with Crippen molar-refractivity contribution in [2.75, 3.05) is 11.9 Å². The molecule has 1 unspecified atom stereocenters. The Balaban J connectivity index is 2.16. The van der Waals surface area contributed by atoms with E-state index in [2.05, 4.69) is 26.0 Å². The van der Waals surface area contributed by atoms with Crippen molar-refractivity contribution in [1.82, 2.24) is 4.72 Å². The summed E-state index contributed by atoms with van der Waals surface area (Å²) in [6.45, 7) is 3.49. The van der Waals surface area contributed by atoms with Gasteiger partial charge in [0.2, 0.25) is 15.9 Å². The molecular weight excluding hydrogens is 444 g/mol. The average molecular weight is 462 g/mol. The molecule has 0 aliphatic heterocycles. The third-order valence-corrected chi connectivity index (χ3v) is 5.66. The molecule has 9 heteroatoms. The minimum atomic E-state index is -4.01. The zero-order chi connectivity index (χ0) is 19.3. The molecule has 0 fully saturated rings. The van der Waals surface area contributed by atoms with Crippen LogP contribution in [0, 0.1) is 0 Å². The van der Waals surface area contributed by atoms with Crippen LogP contribution in [0.1, 0.15) is 13.8 Å². The number of anilines is 1. The highest BCUT2D eigenvalue weighted by atomic mass is 79.9. The molecular formula is C17H18BrClN2O4S. The predicted molar refractivity (Wildman–Crippen MR) is 105 cm³/mol. The van der Waals surface area contributed by atoms with Crippen LogP contribution < -0.4 is 14.8 Å². The zero-order valence-corrected chi connectivity index (χ0v) is 17.3. The Morgan fingerprint density at radius 1 is 1.23 bits per heavy atom. The molecule has 26 heavy (non-hydrogen) atoms. The number of hydrogen-bond donors (Lipinski definition) is 2. The van der Waals surface area contributed by atoms with Crippen LogP contribution in [-0.2, 0) is 14.8 Å². The summed E-state index contributed by atoms with van der Waals surface area (Å²) < 4.78 is 33.9. The second-order valence-electron chi connectivity index (χ2n) is 5.36. The fourth-order valence-electron chi connectivity index (χ4n) is 2.10. The summed E-state index contributed by atoms with van der Waals surface area (Å²) in [5.74, 6) is -0.319. The lowest BCUT2D eigenvalue weighted by Gasteiger charge is -2.16. The number of sulfonamides is 1. The monoisotopic (exact) mass is 460 g/mol. The van der Waals surface area contributed by atoms with Gasteiger partial charge in [0.15, 0.2) is 0 Å². The van der Waals surface area contributed by atoms with Crippen LogP contribution in [0.2, 0.25) is 5.02 Å². The van der Waals surface area contributed by atoms with Gasteiger partial charge in [-0.25, -0.2) is 8.42 Å². The molecule has 2 N–H and O–H groups in total. The zero-order valence-electron chi connectivity index (χ0n) is 14.1. The molecule has 0 saturated carbocycles. The van der Waals surface area contributed by atoms with E-state index in [9.17, 15) is 13.2 Å². The molecule has 140 valence electrons. The van der Waals surface area contributed by atoms with Crippen LogP contribution >= 0.6 is 27.5 Å². The number of amides is 1. The van der Waals surface area contributed by atoms with E-state index in [1.165, 1.54) is 25.1 Å². The van der Waals surface area contributed by atoms with Gasteiger partial charge in [0, 0.05) is 15.2 Å². The van der Waals surface area contributed by atoms with Gasteiger partial charge < -0.3 is 10.1 Å². The molecule has 0 bridgehead atoms. The van der Waals surface area contributed by atoms with Gasteiger partial charge in [-0.2, -0.15) is 4.72 Å². The van der Waals surface area contributed by atoms with Gasteiger partial charge in [0.1, 0.15) is 10.6 Å². The average Bonchev–Trinajstić information content (AvgIpc) is 2.58. The predicted octanol–water partition coefficient (Wildman–Crippen LogP) is 3.81. The maximum absolute atomic E-state index is 12.7. The lowest BCUT2D eigenvalue weighted by atomic mass is 10.3. The highest BCUT2D eigenvalue weighted by molar-refractivity contribution is 9.10. The molecule has 1 atom stereocenters. The van der Waals surface area contributed by atoms with Crippen molar-refractivity contribution < 1.29 is 17.9 Å². The third kappa shape index (κ3) is 5.44. The lowest BCUT2D eigenvalue weighted by molar-refractivity contribution is -0.117. The quantitative estimate of drug-likeness (QED) is 0.657. The molecule has 0 spiro atoms. The molecule has 0 heterocycles. The van der Waals surface area contributed by atoms with Crippen LogP contribution in [0.4, 0.5) is 5.69 Å². The number of rotatable bonds is 7. The lowest BCUT2D eigenvalue weighted by Crippen LogP contribution is -2.41. The number of ether oxygens (including phenoxy) is 1. The molecule has 0 aromatic heterocycles. The van der Waals surface area contributed by atoms with E-state index in [0.717, 1.165) is 4.47 Å². The van der Waals surface area contributed by atoms with E-state index in [-0.39, 0.29) is 15.7 Å². The van der Waals surface area contributed by atoms with Crippen LogP contribution in [0.3, 0.4) is 0 Å². The number of hydrogen-bond acceptors (Lipinski definition) is 4. The van der Waals surface area contributed by atoms with Gasteiger partial charge in [0.05, 0.1) is 12.6 Å². The van der Waals surface area contributed by atoms with Crippen molar-refractivity contribution in [2.45, 2.75) is 24.8 Å². The summed E-state index contributed by atoms with van der Waals surface area (Å²) in [7, 11) is -4.01. The molecule has 2 rings (SSSR count). The fourth-order valence-corrected chi connectivity index (χ4v) is 3.97. The standard InChI is InChI=1S/C17H18BrClN2O4S/c1-3-25-15-9-6-13(19)10-16(15)26(23,24)21-11(2)17(22)20-14-7-4-12(18)5-8-14/h4-11,21H,3H2,1-2H3,(H,20,22). The first-order valence-electron chi connectivity index (χ1n) is 7.74. The number of carbonyl (C=O) groups excluding carboxylic acids is 1. The fraction of sp³-hybridized carbons (Fsp3) is 0.235. The van der Waals surface area contributed by atoms with Gasteiger partial charge >= 0.3 is 0 Å². The van der Waals surface area contributed by atoms with E-state index in [4.69, 9.17) is 16.3 Å². The SMILES string of the molecule is CCOc1ccc(Cl)cc1S(=O)(=O)NC(C)C(=O)Nc1ccc(Br)cc1. The number of halogens is 2. The Kier molecular flexibility index (Phi) is 7.05. The minimum Gasteiger partial charge on any atom is -0.492 e. The Morgan fingerprint density at radius 3 is 2.50 bits per heavy atom. The van der Waals surface area contributed by atoms with Crippen LogP contribution in [0.15, 0.2) is 51.8 Å². The van der Waals surface area contributed by atoms with Crippen LogP contribution in [0.25, 0.3) is 0 Å². The highest BCUT2D eigenvalue weighted by Crippen LogP contribution is 2.27. The molecule has 0 aliphatic rings. The molecule has 0 saturated heterocycles. The van der Waals surface area contributed by atoms with E-state index >= 15 is 0 Å². The smallest absolute Gasteiger partial charge is 0.245 e. The molecule has 6 nitrogen and oxygen atoms in total.